The van der Waals surface area contributed by atoms with Crippen LogP contribution in [0.15, 0.2) is 64.1 Å². The molecule has 0 aromatic heterocycles. The van der Waals surface area contributed by atoms with Gasteiger partial charge < -0.3 is 0 Å². The molecule has 154 valence electrons. The van der Waals surface area contributed by atoms with Crippen LogP contribution in [0.3, 0.4) is 0 Å². The van der Waals surface area contributed by atoms with Crippen molar-refractivity contribution in [3.05, 3.63) is 54.3 Å². The molecule has 28 heavy (non-hydrogen) atoms. The van der Waals surface area contributed by atoms with Gasteiger partial charge in [0, 0.05) is 17.9 Å². The SMILES string of the molecule is O=S(=O)(OCCCCOS(=O)(=O)c1ccc(Br)cc1Br)c1ccc(Br)cc1Br. The Morgan fingerprint density at radius 2 is 1.00 bits per heavy atom. The summed E-state index contributed by atoms with van der Waals surface area (Å²) in [5, 5.41) is 0. The number of halogens is 4. The smallest absolute Gasteiger partial charge is 0.266 e. The normalized spacial score (nSPS) is 12.3. The van der Waals surface area contributed by atoms with Crippen LogP contribution in [0, 0.1) is 0 Å². The molecule has 0 spiro atoms. The van der Waals surface area contributed by atoms with Gasteiger partial charge in [-0.2, -0.15) is 16.8 Å². The summed E-state index contributed by atoms with van der Waals surface area (Å²) >= 11 is 12.9. The highest BCUT2D eigenvalue weighted by molar-refractivity contribution is 9.11. The predicted octanol–water partition coefficient (Wildman–Crippen LogP) is 5.63. The molecule has 0 aliphatic rings. The highest BCUT2D eigenvalue weighted by atomic mass is 79.9. The minimum absolute atomic E-state index is 0.0228. The van der Waals surface area contributed by atoms with Crippen molar-refractivity contribution in [2.24, 2.45) is 0 Å². The summed E-state index contributed by atoms with van der Waals surface area (Å²) in [4.78, 5) is 0.0456. The van der Waals surface area contributed by atoms with Crippen molar-refractivity contribution in [3.8, 4) is 0 Å². The molecule has 0 unspecified atom stereocenters. The van der Waals surface area contributed by atoms with Crippen molar-refractivity contribution in [1.29, 1.82) is 0 Å². The highest BCUT2D eigenvalue weighted by Gasteiger charge is 2.20. The first kappa shape index (κ1) is 24.4. The van der Waals surface area contributed by atoms with Crippen LogP contribution < -0.4 is 0 Å². The van der Waals surface area contributed by atoms with Gasteiger partial charge in [-0.05, 0) is 81.1 Å². The third-order valence-corrected chi connectivity index (χ3v) is 8.91. The third-order valence-electron chi connectivity index (χ3n) is 3.34. The van der Waals surface area contributed by atoms with E-state index in [0.717, 1.165) is 8.95 Å². The molecule has 0 atom stereocenters. The monoisotopic (exact) mass is 682 g/mol. The fourth-order valence-corrected chi connectivity index (χ4v) is 7.30. The summed E-state index contributed by atoms with van der Waals surface area (Å²) in [6, 6.07) is 9.26. The Hall–Kier alpha value is 0.180. The van der Waals surface area contributed by atoms with Gasteiger partial charge in [0.2, 0.25) is 0 Å². The molecule has 6 nitrogen and oxygen atoms in total. The Kier molecular flexibility index (Phi) is 9.14. The maximum absolute atomic E-state index is 12.2. The summed E-state index contributed by atoms with van der Waals surface area (Å²) in [6.07, 6.45) is 0.620. The average Bonchev–Trinajstić information content (AvgIpc) is 2.57. The van der Waals surface area contributed by atoms with E-state index in [1.165, 1.54) is 12.1 Å². The average molecular weight is 686 g/mol. The fourth-order valence-electron chi connectivity index (χ4n) is 2.02. The van der Waals surface area contributed by atoms with Gasteiger partial charge in [0.05, 0.1) is 13.2 Å². The van der Waals surface area contributed by atoms with Gasteiger partial charge in [-0.15, -0.1) is 0 Å². The minimum Gasteiger partial charge on any atom is -0.266 e. The zero-order valence-corrected chi connectivity index (χ0v) is 22.0. The largest absolute Gasteiger partial charge is 0.298 e. The molecular weight excluding hydrogens is 672 g/mol. The van der Waals surface area contributed by atoms with Gasteiger partial charge in [-0.3, -0.25) is 8.37 Å². The van der Waals surface area contributed by atoms with Crippen LogP contribution in [0.5, 0.6) is 0 Å². The molecule has 0 aliphatic heterocycles. The van der Waals surface area contributed by atoms with Crippen LogP contribution >= 0.6 is 63.7 Å². The first-order valence-electron chi connectivity index (χ1n) is 7.72. The molecule has 12 heteroatoms. The standard InChI is InChI=1S/C16H14Br4O6S2/c17-11-3-5-15(13(19)9-11)27(21,22)25-7-1-2-8-26-28(23,24)16-6-4-12(18)10-14(16)20/h3-6,9-10H,1-2,7-8H2. The number of hydrogen-bond acceptors (Lipinski definition) is 6. The summed E-state index contributed by atoms with van der Waals surface area (Å²) in [6.45, 7) is -0.174. The maximum atomic E-state index is 12.2. The molecule has 0 fully saturated rings. The second kappa shape index (κ2) is 10.5. The molecule has 0 amide bonds. The Bertz CT molecular complexity index is 969. The number of unbranched alkanes of at least 4 members (excludes halogenated alkanes) is 1. The summed E-state index contributed by atoms with van der Waals surface area (Å²) in [5.41, 5.74) is 0. The second-order valence-corrected chi connectivity index (χ2v) is 12.1. The summed E-state index contributed by atoms with van der Waals surface area (Å²) in [7, 11) is -7.83. The molecule has 0 N–H and O–H groups in total. The van der Waals surface area contributed by atoms with Crippen LogP contribution in [-0.2, 0) is 28.6 Å². The summed E-state index contributed by atoms with van der Waals surface area (Å²) < 4.78 is 61.0. The van der Waals surface area contributed by atoms with E-state index < -0.39 is 20.2 Å². The lowest BCUT2D eigenvalue weighted by Crippen LogP contribution is -2.11. The van der Waals surface area contributed by atoms with Crippen LogP contribution in [0.2, 0.25) is 0 Å². The molecule has 0 heterocycles. The van der Waals surface area contributed by atoms with E-state index >= 15 is 0 Å². The lowest BCUT2D eigenvalue weighted by Gasteiger charge is -2.09. The Balaban J connectivity index is 1.83. The molecule has 0 saturated heterocycles. The van der Waals surface area contributed by atoms with Crippen LogP contribution in [0.25, 0.3) is 0 Å². The minimum atomic E-state index is -3.91. The molecule has 2 rings (SSSR count). The number of benzene rings is 2. The van der Waals surface area contributed by atoms with Gasteiger partial charge in [-0.1, -0.05) is 31.9 Å². The Morgan fingerprint density at radius 1 is 0.643 bits per heavy atom. The second-order valence-electron chi connectivity index (χ2n) is 5.41. The number of rotatable bonds is 9. The van der Waals surface area contributed by atoms with Crippen molar-refractivity contribution >= 4 is 84.0 Å². The zero-order chi connectivity index (χ0) is 20.9. The highest BCUT2D eigenvalue weighted by Crippen LogP contribution is 2.28. The van der Waals surface area contributed by atoms with Gasteiger partial charge in [-0.25, -0.2) is 0 Å². The van der Waals surface area contributed by atoms with Crippen molar-refractivity contribution in [3.63, 3.8) is 0 Å². The number of hydrogen-bond donors (Lipinski definition) is 0. The Morgan fingerprint density at radius 3 is 1.32 bits per heavy atom. The first-order valence-corrected chi connectivity index (χ1v) is 13.7. The van der Waals surface area contributed by atoms with Gasteiger partial charge in [0.25, 0.3) is 20.2 Å². The quantitative estimate of drug-likeness (QED) is 0.252. The van der Waals surface area contributed by atoms with E-state index in [2.05, 4.69) is 63.7 Å². The van der Waals surface area contributed by atoms with E-state index in [0.29, 0.717) is 21.8 Å². The van der Waals surface area contributed by atoms with Crippen LogP contribution in [-0.4, -0.2) is 30.0 Å². The molecule has 2 aromatic carbocycles. The van der Waals surface area contributed by atoms with Crippen molar-refractivity contribution < 1.29 is 25.2 Å². The third kappa shape index (κ3) is 6.86. The van der Waals surface area contributed by atoms with E-state index in [4.69, 9.17) is 8.37 Å². The van der Waals surface area contributed by atoms with Gasteiger partial charge >= 0.3 is 0 Å². The van der Waals surface area contributed by atoms with Gasteiger partial charge in [0.1, 0.15) is 9.79 Å². The van der Waals surface area contributed by atoms with Crippen LogP contribution in [0.1, 0.15) is 12.8 Å². The van der Waals surface area contributed by atoms with E-state index in [9.17, 15) is 16.8 Å². The topological polar surface area (TPSA) is 86.7 Å². The molecular formula is C16H14Br4O6S2. The van der Waals surface area contributed by atoms with E-state index in [-0.39, 0.29) is 23.0 Å². The predicted molar refractivity (Wildman–Crippen MR) is 119 cm³/mol. The first-order chi connectivity index (χ1) is 13.0. The Labute approximate surface area is 197 Å². The lowest BCUT2D eigenvalue weighted by molar-refractivity contribution is 0.270. The fraction of sp³-hybridized carbons (Fsp3) is 0.250. The molecule has 0 saturated carbocycles. The van der Waals surface area contributed by atoms with Crippen LogP contribution in [0.4, 0.5) is 0 Å². The summed E-state index contributed by atoms with van der Waals surface area (Å²) in [5.74, 6) is 0. The van der Waals surface area contributed by atoms with E-state index in [1.807, 2.05) is 0 Å². The molecule has 0 aliphatic carbocycles. The van der Waals surface area contributed by atoms with Crippen molar-refractivity contribution in [1.82, 2.24) is 0 Å². The molecule has 0 radical (unpaired) electrons. The van der Waals surface area contributed by atoms with Gasteiger partial charge in [0.15, 0.2) is 0 Å². The van der Waals surface area contributed by atoms with E-state index in [1.54, 1.807) is 24.3 Å². The van der Waals surface area contributed by atoms with Crippen molar-refractivity contribution in [2.45, 2.75) is 22.6 Å². The molecule has 2 aromatic rings. The van der Waals surface area contributed by atoms with Crippen molar-refractivity contribution in [2.75, 3.05) is 13.2 Å². The lowest BCUT2D eigenvalue weighted by atomic mass is 10.3. The zero-order valence-electron chi connectivity index (χ0n) is 14.1. The maximum Gasteiger partial charge on any atom is 0.298 e. The molecule has 0 bridgehead atoms.